The molecule has 4 nitrogen and oxygen atoms in total. The minimum Gasteiger partial charge on any atom is -0.292 e. The summed E-state index contributed by atoms with van der Waals surface area (Å²) in [6.07, 6.45) is 3.38. The number of rotatable bonds is 4. The SMILES string of the molecule is Cc1cnc(C(=O)Cc2nc(-c3ccccc3)cs2)cn1. The smallest absolute Gasteiger partial charge is 0.189 e. The fourth-order valence-electron chi connectivity index (χ4n) is 1.90. The fourth-order valence-corrected chi connectivity index (χ4v) is 2.70. The van der Waals surface area contributed by atoms with Crippen LogP contribution in [0.1, 0.15) is 21.2 Å². The molecule has 2 heterocycles. The molecule has 0 saturated carbocycles. The predicted octanol–water partition coefficient (Wildman–Crippen LogP) is 3.33. The second kappa shape index (κ2) is 5.93. The average molecular weight is 295 g/mol. The van der Waals surface area contributed by atoms with Crippen molar-refractivity contribution in [1.29, 1.82) is 0 Å². The van der Waals surface area contributed by atoms with E-state index < -0.39 is 0 Å². The zero-order chi connectivity index (χ0) is 14.7. The summed E-state index contributed by atoms with van der Waals surface area (Å²) in [4.78, 5) is 24.8. The molecule has 3 rings (SSSR count). The predicted molar refractivity (Wildman–Crippen MR) is 82.4 cm³/mol. The third kappa shape index (κ3) is 3.20. The summed E-state index contributed by atoms with van der Waals surface area (Å²) < 4.78 is 0. The number of Topliss-reactive ketones (excluding diaryl/α,β-unsaturated/α-hetero) is 1. The van der Waals surface area contributed by atoms with Gasteiger partial charge in [-0.2, -0.15) is 0 Å². The van der Waals surface area contributed by atoms with E-state index in [1.165, 1.54) is 17.5 Å². The first-order chi connectivity index (χ1) is 10.2. The van der Waals surface area contributed by atoms with E-state index >= 15 is 0 Å². The molecule has 0 saturated heterocycles. The zero-order valence-corrected chi connectivity index (χ0v) is 12.3. The van der Waals surface area contributed by atoms with Crippen LogP contribution in [-0.4, -0.2) is 20.7 Å². The summed E-state index contributed by atoms with van der Waals surface area (Å²) in [5.74, 6) is -0.0588. The number of aromatic nitrogens is 3. The second-order valence-electron chi connectivity index (χ2n) is 4.64. The van der Waals surface area contributed by atoms with Crippen LogP contribution in [0.5, 0.6) is 0 Å². The van der Waals surface area contributed by atoms with E-state index in [2.05, 4.69) is 15.0 Å². The molecule has 0 aliphatic carbocycles. The molecule has 104 valence electrons. The van der Waals surface area contributed by atoms with Crippen LogP contribution in [0, 0.1) is 6.92 Å². The van der Waals surface area contributed by atoms with Gasteiger partial charge in [-0.3, -0.25) is 9.78 Å². The summed E-state index contributed by atoms with van der Waals surface area (Å²) in [6.45, 7) is 1.84. The van der Waals surface area contributed by atoms with Crippen LogP contribution in [0.2, 0.25) is 0 Å². The van der Waals surface area contributed by atoms with Crippen molar-refractivity contribution in [1.82, 2.24) is 15.0 Å². The Labute approximate surface area is 126 Å². The molecule has 0 bridgehead atoms. The third-order valence-corrected chi connectivity index (χ3v) is 3.85. The number of carbonyl (C=O) groups excluding carboxylic acids is 1. The summed E-state index contributed by atoms with van der Waals surface area (Å²) in [5, 5.41) is 2.76. The second-order valence-corrected chi connectivity index (χ2v) is 5.58. The van der Waals surface area contributed by atoms with Crippen molar-refractivity contribution >= 4 is 17.1 Å². The molecular weight excluding hydrogens is 282 g/mol. The molecular formula is C16H13N3OS. The quantitative estimate of drug-likeness (QED) is 0.693. The summed E-state index contributed by atoms with van der Waals surface area (Å²) >= 11 is 1.49. The highest BCUT2D eigenvalue weighted by molar-refractivity contribution is 7.10. The average Bonchev–Trinajstić information content (AvgIpc) is 2.97. The number of benzene rings is 1. The topological polar surface area (TPSA) is 55.7 Å². The number of hydrogen-bond acceptors (Lipinski definition) is 5. The van der Waals surface area contributed by atoms with Crippen LogP contribution in [0.3, 0.4) is 0 Å². The van der Waals surface area contributed by atoms with E-state index in [0.717, 1.165) is 22.0 Å². The molecule has 2 aromatic heterocycles. The van der Waals surface area contributed by atoms with Crippen LogP contribution in [0.4, 0.5) is 0 Å². The number of nitrogens with zero attached hydrogens (tertiary/aromatic N) is 3. The molecule has 0 radical (unpaired) electrons. The summed E-state index contributed by atoms with van der Waals surface area (Å²) in [5.41, 5.74) is 3.14. The van der Waals surface area contributed by atoms with Gasteiger partial charge in [0.25, 0.3) is 0 Å². The third-order valence-electron chi connectivity index (χ3n) is 3.00. The Bertz CT molecular complexity index is 751. The van der Waals surface area contributed by atoms with Crippen molar-refractivity contribution < 1.29 is 4.79 Å². The molecule has 0 fully saturated rings. The number of carbonyl (C=O) groups is 1. The summed E-state index contributed by atoms with van der Waals surface area (Å²) in [6, 6.07) is 9.93. The summed E-state index contributed by atoms with van der Waals surface area (Å²) in [7, 11) is 0. The van der Waals surface area contributed by atoms with Crippen LogP contribution < -0.4 is 0 Å². The van der Waals surface area contributed by atoms with Crippen LogP contribution >= 0.6 is 11.3 Å². The molecule has 0 amide bonds. The van der Waals surface area contributed by atoms with Gasteiger partial charge in [0.1, 0.15) is 10.7 Å². The fraction of sp³-hybridized carbons (Fsp3) is 0.125. The van der Waals surface area contributed by atoms with Gasteiger partial charge in [0.15, 0.2) is 5.78 Å². The van der Waals surface area contributed by atoms with Gasteiger partial charge in [-0.25, -0.2) is 9.97 Å². The standard InChI is InChI=1S/C16H13N3OS/c1-11-8-18-13(9-17-11)15(20)7-16-19-14(10-21-16)12-5-3-2-4-6-12/h2-6,8-10H,7H2,1H3. The monoisotopic (exact) mass is 295 g/mol. The molecule has 3 aromatic rings. The first-order valence-electron chi connectivity index (χ1n) is 6.54. The van der Waals surface area contributed by atoms with Crippen molar-refractivity contribution in [2.24, 2.45) is 0 Å². The van der Waals surface area contributed by atoms with E-state index in [-0.39, 0.29) is 12.2 Å². The normalized spacial score (nSPS) is 10.5. The lowest BCUT2D eigenvalue weighted by Gasteiger charge is -1.98. The lowest BCUT2D eigenvalue weighted by molar-refractivity contribution is 0.0988. The highest BCUT2D eigenvalue weighted by Gasteiger charge is 2.12. The Hall–Kier alpha value is -2.40. The molecule has 0 unspecified atom stereocenters. The molecule has 0 aliphatic heterocycles. The Morgan fingerprint density at radius 2 is 1.95 bits per heavy atom. The van der Waals surface area contributed by atoms with E-state index in [1.807, 2.05) is 42.6 Å². The maximum Gasteiger partial charge on any atom is 0.189 e. The molecule has 1 aromatic carbocycles. The van der Waals surface area contributed by atoms with Crippen LogP contribution in [0.15, 0.2) is 48.1 Å². The largest absolute Gasteiger partial charge is 0.292 e. The number of hydrogen-bond donors (Lipinski definition) is 0. The minimum absolute atomic E-state index is 0.0588. The lowest BCUT2D eigenvalue weighted by atomic mass is 10.2. The van der Waals surface area contributed by atoms with Gasteiger partial charge in [-0.1, -0.05) is 30.3 Å². The molecule has 0 atom stereocenters. The van der Waals surface area contributed by atoms with Gasteiger partial charge in [0.05, 0.1) is 24.0 Å². The van der Waals surface area contributed by atoms with Gasteiger partial charge in [-0.15, -0.1) is 11.3 Å². The van der Waals surface area contributed by atoms with Gasteiger partial charge >= 0.3 is 0 Å². The first-order valence-corrected chi connectivity index (χ1v) is 7.42. The van der Waals surface area contributed by atoms with E-state index in [9.17, 15) is 4.79 Å². The molecule has 5 heteroatoms. The Morgan fingerprint density at radius 1 is 1.14 bits per heavy atom. The van der Waals surface area contributed by atoms with Gasteiger partial charge in [0, 0.05) is 17.1 Å². The van der Waals surface area contributed by atoms with Crippen LogP contribution in [-0.2, 0) is 6.42 Å². The van der Waals surface area contributed by atoms with Crippen molar-refractivity contribution in [2.45, 2.75) is 13.3 Å². The van der Waals surface area contributed by atoms with E-state index in [1.54, 1.807) is 6.20 Å². The zero-order valence-electron chi connectivity index (χ0n) is 11.5. The van der Waals surface area contributed by atoms with Crippen molar-refractivity contribution in [3.63, 3.8) is 0 Å². The van der Waals surface area contributed by atoms with E-state index in [4.69, 9.17) is 0 Å². The highest BCUT2D eigenvalue weighted by atomic mass is 32.1. The molecule has 21 heavy (non-hydrogen) atoms. The first kappa shape index (κ1) is 13.6. The highest BCUT2D eigenvalue weighted by Crippen LogP contribution is 2.22. The number of ketones is 1. The minimum atomic E-state index is -0.0588. The lowest BCUT2D eigenvalue weighted by Crippen LogP contribution is -2.06. The number of thiazole rings is 1. The molecule has 0 spiro atoms. The van der Waals surface area contributed by atoms with Crippen molar-refractivity contribution in [3.05, 3.63) is 64.5 Å². The molecule has 0 N–H and O–H groups in total. The van der Waals surface area contributed by atoms with Gasteiger partial charge < -0.3 is 0 Å². The van der Waals surface area contributed by atoms with Crippen molar-refractivity contribution in [2.75, 3.05) is 0 Å². The van der Waals surface area contributed by atoms with Gasteiger partial charge in [-0.05, 0) is 6.92 Å². The Balaban J connectivity index is 1.75. The Morgan fingerprint density at radius 3 is 2.67 bits per heavy atom. The van der Waals surface area contributed by atoms with E-state index in [0.29, 0.717) is 5.69 Å². The maximum atomic E-state index is 12.1. The number of aryl methyl sites for hydroxylation is 1. The molecule has 0 aliphatic rings. The maximum absolute atomic E-state index is 12.1. The van der Waals surface area contributed by atoms with Crippen molar-refractivity contribution in [3.8, 4) is 11.3 Å². The van der Waals surface area contributed by atoms with Gasteiger partial charge in [0.2, 0.25) is 0 Å². The Kier molecular flexibility index (Phi) is 3.83. The van der Waals surface area contributed by atoms with Crippen LogP contribution in [0.25, 0.3) is 11.3 Å².